The number of anilines is 1. The summed E-state index contributed by atoms with van der Waals surface area (Å²) in [6.45, 7) is 0.0117. The Balaban J connectivity index is 1.55. The average Bonchev–Trinajstić information content (AvgIpc) is 3.34. The van der Waals surface area contributed by atoms with Crippen molar-refractivity contribution in [3.05, 3.63) is 112 Å². The first kappa shape index (κ1) is 26.4. The summed E-state index contributed by atoms with van der Waals surface area (Å²) in [5, 5.41) is 18.2. The van der Waals surface area contributed by atoms with Crippen LogP contribution < -0.4 is 20.8 Å². The molecule has 1 aromatic heterocycles. The van der Waals surface area contributed by atoms with E-state index in [1.807, 2.05) is 78.9 Å². The molecule has 1 aliphatic heterocycles. The molecule has 0 saturated carbocycles. The van der Waals surface area contributed by atoms with Gasteiger partial charge in [0.05, 0.1) is 26.9 Å². The molecule has 4 aromatic rings. The third kappa shape index (κ3) is 5.09. The zero-order chi connectivity index (χ0) is 27.4. The fourth-order valence-electron chi connectivity index (χ4n) is 4.95. The summed E-state index contributed by atoms with van der Waals surface area (Å²) in [7, 11) is 3.23. The molecule has 0 spiro atoms. The van der Waals surface area contributed by atoms with Gasteiger partial charge >= 0.3 is 0 Å². The Bertz CT molecular complexity index is 1400. The van der Waals surface area contributed by atoms with Crippen LogP contribution in [0, 0.1) is 0 Å². The number of hydrogen-bond acceptors (Lipinski definition) is 9. The lowest BCUT2D eigenvalue weighted by molar-refractivity contribution is -0.0940. The molecule has 0 radical (unpaired) electrons. The van der Waals surface area contributed by atoms with Crippen molar-refractivity contribution in [2.75, 3.05) is 26.6 Å². The molecule has 3 atom stereocenters. The molecular weight excluding hydrogens is 500 g/mol. The molecule has 3 N–H and O–H groups in total. The molecule has 1 saturated heterocycles. The molecule has 10 nitrogen and oxygen atoms in total. The zero-order valence-corrected chi connectivity index (χ0v) is 21.6. The summed E-state index contributed by atoms with van der Waals surface area (Å²) in [5.74, 6) is 1.33. The Kier molecular flexibility index (Phi) is 7.60. The van der Waals surface area contributed by atoms with Crippen LogP contribution in [0.5, 0.6) is 11.5 Å². The van der Waals surface area contributed by atoms with Crippen LogP contribution in [-0.2, 0) is 15.1 Å². The van der Waals surface area contributed by atoms with E-state index in [0.717, 1.165) is 22.9 Å². The monoisotopic (exact) mass is 530 g/mol. The van der Waals surface area contributed by atoms with Crippen LogP contribution in [0.15, 0.2) is 89.9 Å². The van der Waals surface area contributed by atoms with E-state index in [1.54, 1.807) is 14.2 Å². The van der Waals surface area contributed by atoms with Gasteiger partial charge in [-0.3, -0.25) is 4.79 Å². The largest absolute Gasteiger partial charge is 0.497 e. The van der Waals surface area contributed by atoms with Crippen molar-refractivity contribution in [2.45, 2.75) is 30.5 Å². The first-order chi connectivity index (χ1) is 19.0. The van der Waals surface area contributed by atoms with E-state index in [9.17, 15) is 9.90 Å². The Morgan fingerprint density at radius 3 is 2.05 bits per heavy atom. The Morgan fingerprint density at radius 1 is 0.949 bits per heavy atom. The molecule has 2 heterocycles. The maximum Gasteiger partial charge on any atom is 0.275 e. The predicted molar refractivity (Wildman–Crippen MR) is 144 cm³/mol. The van der Waals surface area contributed by atoms with E-state index >= 15 is 0 Å². The fraction of sp³-hybridized carbons (Fsp3) is 0.276. The molecule has 1 aliphatic rings. The molecule has 0 amide bonds. The highest BCUT2D eigenvalue weighted by molar-refractivity contribution is 5.49. The maximum absolute atomic E-state index is 12.4. The van der Waals surface area contributed by atoms with Crippen molar-refractivity contribution >= 4 is 5.95 Å². The quantitative estimate of drug-likeness (QED) is 0.314. The highest BCUT2D eigenvalue weighted by Crippen LogP contribution is 2.42. The number of aliphatic hydroxyl groups is 1. The summed E-state index contributed by atoms with van der Waals surface area (Å²) in [6, 6.07) is 25.1. The highest BCUT2D eigenvalue weighted by atomic mass is 16.6. The first-order valence-corrected chi connectivity index (χ1v) is 12.5. The van der Waals surface area contributed by atoms with E-state index in [1.165, 1.54) is 4.57 Å². The molecule has 10 heteroatoms. The van der Waals surface area contributed by atoms with E-state index in [-0.39, 0.29) is 19.0 Å². The van der Waals surface area contributed by atoms with Gasteiger partial charge in [0, 0.05) is 6.42 Å². The third-order valence-electron chi connectivity index (χ3n) is 6.94. The van der Waals surface area contributed by atoms with E-state index in [4.69, 9.17) is 24.7 Å². The minimum absolute atomic E-state index is 0.0117. The minimum atomic E-state index is -1.07. The van der Waals surface area contributed by atoms with E-state index in [0.29, 0.717) is 11.5 Å². The van der Waals surface area contributed by atoms with E-state index in [2.05, 4.69) is 10.2 Å². The van der Waals surface area contributed by atoms with Gasteiger partial charge in [0.25, 0.3) is 5.56 Å². The molecule has 1 fully saturated rings. The topological polar surface area (TPSA) is 131 Å². The van der Waals surface area contributed by atoms with Crippen LogP contribution in [0.25, 0.3) is 0 Å². The number of ether oxygens (including phenoxy) is 4. The highest BCUT2D eigenvalue weighted by Gasteiger charge is 2.42. The summed E-state index contributed by atoms with van der Waals surface area (Å²) < 4.78 is 24.9. The average molecular weight is 531 g/mol. The van der Waals surface area contributed by atoms with Crippen LogP contribution in [0.1, 0.15) is 29.3 Å². The maximum atomic E-state index is 12.4. The van der Waals surface area contributed by atoms with Crippen molar-refractivity contribution in [2.24, 2.45) is 0 Å². The standard InChI is InChI=1S/C29H30N4O6/c1-36-22-12-8-20(9-13-22)29(19-6-4-3-5-7-19,21-10-14-23(37-2)15-11-21)38-18-25-24(34)16-27(39-25)33-26(35)17-31-32-28(33)30/h3-15,17,24-25,27,34H,16,18H2,1-2H3,(H2,30,32)/t24-,25+,27+/m0/s1. The number of nitrogens with two attached hydrogens (primary N) is 1. The van der Waals surface area contributed by atoms with Gasteiger partial charge in [-0.2, -0.15) is 0 Å². The van der Waals surface area contributed by atoms with Crippen molar-refractivity contribution in [1.29, 1.82) is 0 Å². The molecule has 5 rings (SSSR count). The van der Waals surface area contributed by atoms with Crippen molar-refractivity contribution in [3.63, 3.8) is 0 Å². The summed E-state index contributed by atoms with van der Waals surface area (Å²) in [5.41, 5.74) is 6.93. The number of methoxy groups -OCH3 is 2. The van der Waals surface area contributed by atoms with Gasteiger partial charge < -0.3 is 29.8 Å². The molecule has 3 aromatic carbocycles. The number of rotatable bonds is 9. The lowest BCUT2D eigenvalue weighted by atomic mass is 9.80. The first-order valence-electron chi connectivity index (χ1n) is 12.5. The summed E-state index contributed by atoms with van der Waals surface area (Å²) in [4.78, 5) is 12.4. The van der Waals surface area contributed by atoms with Gasteiger partial charge in [0.15, 0.2) is 0 Å². The fourth-order valence-corrected chi connectivity index (χ4v) is 4.95. The molecular formula is C29H30N4O6. The van der Waals surface area contributed by atoms with E-state index < -0.39 is 29.6 Å². The van der Waals surface area contributed by atoms with Gasteiger partial charge in [0.2, 0.25) is 5.95 Å². The second-order valence-corrected chi connectivity index (χ2v) is 9.16. The third-order valence-corrected chi connectivity index (χ3v) is 6.94. The smallest absolute Gasteiger partial charge is 0.275 e. The number of hydrogen-bond donors (Lipinski definition) is 2. The molecule has 202 valence electrons. The zero-order valence-electron chi connectivity index (χ0n) is 21.6. The Labute approximate surface area is 225 Å². The second-order valence-electron chi connectivity index (χ2n) is 9.16. The Morgan fingerprint density at radius 2 is 1.51 bits per heavy atom. The van der Waals surface area contributed by atoms with Gasteiger partial charge in [0.1, 0.15) is 35.6 Å². The molecule has 39 heavy (non-hydrogen) atoms. The van der Waals surface area contributed by atoms with Crippen molar-refractivity contribution in [3.8, 4) is 11.5 Å². The second kappa shape index (κ2) is 11.2. The molecule has 0 aliphatic carbocycles. The predicted octanol–water partition coefficient (Wildman–Crippen LogP) is 2.89. The van der Waals surface area contributed by atoms with Crippen molar-refractivity contribution < 1.29 is 24.1 Å². The molecule has 0 bridgehead atoms. The van der Waals surface area contributed by atoms with Gasteiger partial charge in [-0.15, -0.1) is 10.2 Å². The van der Waals surface area contributed by atoms with Gasteiger partial charge in [-0.05, 0) is 41.0 Å². The van der Waals surface area contributed by atoms with Crippen LogP contribution >= 0.6 is 0 Å². The van der Waals surface area contributed by atoms with Gasteiger partial charge in [-0.25, -0.2) is 4.57 Å². The van der Waals surface area contributed by atoms with Gasteiger partial charge in [-0.1, -0.05) is 54.6 Å². The number of nitrogens with zero attached hydrogens (tertiary/aromatic N) is 3. The van der Waals surface area contributed by atoms with Crippen LogP contribution in [0.2, 0.25) is 0 Å². The lowest BCUT2D eigenvalue weighted by Crippen LogP contribution is -2.38. The summed E-state index contributed by atoms with van der Waals surface area (Å²) >= 11 is 0. The number of aliphatic hydroxyl groups excluding tert-OH is 1. The Hall–Kier alpha value is -4.25. The summed E-state index contributed by atoms with van der Waals surface area (Å²) in [6.07, 6.45) is -1.25. The van der Waals surface area contributed by atoms with Crippen LogP contribution in [0.3, 0.4) is 0 Å². The SMILES string of the molecule is COc1ccc(C(OC[C@H]2O[C@@H](n3c(N)nncc3=O)C[C@@H]2O)(c2ccccc2)c2ccc(OC)cc2)cc1. The lowest BCUT2D eigenvalue weighted by Gasteiger charge is -2.37. The minimum Gasteiger partial charge on any atom is -0.497 e. The van der Waals surface area contributed by atoms with Crippen LogP contribution in [0.4, 0.5) is 5.95 Å². The van der Waals surface area contributed by atoms with Crippen molar-refractivity contribution in [1.82, 2.24) is 14.8 Å². The number of nitrogen functional groups attached to an aromatic ring is 1. The number of benzene rings is 3. The number of aromatic nitrogens is 3. The molecule has 0 unspecified atom stereocenters. The van der Waals surface area contributed by atoms with Crippen LogP contribution in [-0.4, -0.2) is 52.9 Å². The normalized spacial score (nSPS) is 19.1.